The molecule has 0 bridgehead atoms. The topological polar surface area (TPSA) is 40.5 Å². The van der Waals surface area contributed by atoms with Gasteiger partial charge < -0.3 is 10.2 Å². The van der Waals surface area contributed by atoms with E-state index >= 15 is 0 Å². The Bertz CT molecular complexity index is 1450. The van der Waals surface area contributed by atoms with Gasteiger partial charge in [0.1, 0.15) is 0 Å². The van der Waals surface area contributed by atoms with Crippen molar-refractivity contribution in [2.75, 3.05) is 18.4 Å². The Kier molecular flexibility index (Phi) is 6.32. The maximum atomic E-state index is 5.09. The Hall–Kier alpha value is -3.09. The predicted octanol–water partition coefficient (Wildman–Crippen LogP) is 7.54. The number of thiazole rings is 1. The molecule has 1 unspecified atom stereocenters. The zero-order chi connectivity index (χ0) is 24.6. The molecule has 4 nitrogen and oxygen atoms in total. The van der Waals surface area contributed by atoms with E-state index in [0.29, 0.717) is 11.3 Å². The smallest absolute Gasteiger partial charge is 0.183 e. The number of hydrogen-bond acceptors (Lipinski definition) is 5. The first-order chi connectivity index (χ1) is 17.5. The minimum atomic E-state index is 0.387. The van der Waals surface area contributed by atoms with Crippen LogP contribution in [0, 0.1) is 6.92 Å². The SMILES string of the molecule is C=C(C)CN1C(=Nc2ccc(CCNc3nc4c(C)cccc4s3)cc2)SC2Cc3ccccc3[C@@H]21. The third-order valence-corrected chi connectivity index (χ3v) is 9.14. The van der Waals surface area contributed by atoms with Gasteiger partial charge in [-0.25, -0.2) is 9.98 Å². The number of para-hydroxylation sites is 1. The number of aromatic nitrogens is 1. The van der Waals surface area contributed by atoms with E-state index in [9.17, 15) is 0 Å². The number of nitrogens with zero attached hydrogens (tertiary/aromatic N) is 3. The molecule has 2 atom stereocenters. The van der Waals surface area contributed by atoms with Crippen molar-refractivity contribution in [3.63, 3.8) is 0 Å². The summed E-state index contributed by atoms with van der Waals surface area (Å²) in [6, 6.07) is 24.3. The number of benzene rings is 3. The molecule has 6 heteroatoms. The monoisotopic (exact) mass is 510 g/mol. The van der Waals surface area contributed by atoms with Gasteiger partial charge in [-0.1, -0.05) is 83.8 Å². The average molecular weight is 511 g/mol. The summed E-state index contributed by atoms with van der Waals surface area (Å²) in [4.78, 5) is 12.3. The summed E-state index contributed by atoms with van der Waals surface area (Å²) < 4.78 is 1.24. The van der Waals surface area contributed by atoms with Gasteiger partial charge in [-0.15, -0.1) is 0 Å². The molecule has 36 heavy (non-hydrogen) atoms. The molecule has 2 aliphatic rings. The van der Waals surface area contributed by atoms with E-state index in [1.165, 1.54) is 32.5 Å². The summed E-state index contributed by atoms with van der Waals surface area (Å²) in [6.45, 7) is 10.1. The highest BCUT2D eigenvalue weighted by Crippen LogP contribution is 2.49. The highest BCUT2D eigenvalue weighted by molar-refractivity contribution is 8.14. The molecular weight excluding hydrogens is 480 g/mol. The number of aryl methyl sites for hydroxylation is 1. The van der Waals surface area contributed by atoms with Crippen LogP contribution in [0.2, 0.25) is 0 Å². The van der Waals surface area contributed by atoms with E-state index in [0.717, 1.165) is 47.4 Å². The van der Waals surface area contributed by atoms with Gasteiger partial charge >= 0.3 is 0 Å². The maximum absolute atomic E-state index is 5.09. The normalized spacial score (nSPS) is 19.6. The number of aliphatic imine (C=N–C) groups is 1. The summed E-state index contributed by atoms with van der Waals surface area (Å²) in [5, 5.41) is 6.13. The predicted molar refractivity (Wildman–Crippen MR) is 156 cm³/mol. The van der Waals surface area contributed by atoms with Gasteiger partial charge in [-0.2, -0.15) is 0 Å². The first kappa shape index (κ1) is 23.3. The molecule has 0 amide bonds. The van der Waals surface area contributed by atoms with Crippen molar-refractivity contribution < 1.29 is 0 Å². The lowest BCUT2D eigenvalue weighted by molar-refractivity contribution is 0.363. The molecule has 6 rings (SSSR count). The van der Waals surface area contributed by atoms with Crippen LogP contribution in [0.5, 0.6) is 0 Å². The summed E-state index contributed by atoms with van der Waals surface area (Å²) >= 11 is 3.64. The molecular formula is C30H30N4S2. The fourth-order valence-electron chi connectivity index (χ4n) is 5.20. The Balaban J connectivity index is 1.13. The molecule has 3 aromatic carbocycles. The number of thioether (sulfide) groups is 1. The lowest BCUT2D eigenvalue weighted by atomic mass is 10.1. The molecule has 0 spiro atoms. The van der Waals surface area contributed by atoms with Crippen molar-refractivity contribution in [3.8, 4) is 0 Å². The van der Waals surface area contributed by atoms with E-state index in [1.54, 1.807) is 11.3 Å². The molecule has 4 aromatic rings. The standard InChI is InChI=1S/C30H30N4S2/c1-19(2)18-34-28-24-9-5-4-8-22(24)17-26(28)36-30(34)32-23-13-11-21(12-14-23)15-16-31-29-33-27-20(3)7-6-10-25(27)35-29/h4-14,26,28H,1,15-18H2,2-3H3,(H,31,33)/t26?,28-/m0/s1. The van der Waals surface area contributed by atoms with Gasteiger partial charge in [-0.05, 0) is 67.1 Å². The second kappa shape index (κ2) is 9.75. The van der Waals surface area contributed by atoms with E-state index in [-0.39, 0.29) is 0 Å². The maximum Gasteiger partial charge on any atom is 0.183 e. The van der Waals surface area contributed by atoms with E-state index in [1.807, 2.05) is 11.8 Å². The summed E-state index contributed by atoms with van der Waals surface area (Å²) in [5.41, 5.74) is 8.73. The zero-order valence-electron chi connectivity index (χ0n) is 20.7. The van der Waals surface area contributed by atoms with Crippen molar-refractivity contribution in [3.05, 3.63) is 101 Å². The van der Waals surface area contributed by atoms with Crippen LogP contribution in [0.15, 0.2) is 83.9 Å². The third-order valence-electron chi connectivity index (χ3n) is 6.90. The van der Waals surface area contributed by atoms with E-state index in [4.69, 9.17) is 9.98 Å². The van der Waals surface area contributed by atoms with Crippen LogP contribution in [0.25, 0.3) is 10.2 Å². The largest absolute Gasteiger partial charge is 0.361 e. The van der Waals surface area contributed by atoms with Gasteiger partial charge in [0.25, 0.3) is 0 Å². The first-order valence-corrected chi connectivity index (χ1v) is 14.2. The molecule has 1 aromatic heterocycles. The Labute approximate surface area is 221 Å². The Morgan fingerprint density at radius 2 is 1.94 bits per heavy atom. The molecule has 1 fully saturated rings. The molecule has 1 aliphatic heterocycles. The molecule has 182 valence electrons. The van der Waals surface area contributed by atoms with E-state index in [2.05, 4.69) is 97.4 Å². The highest BCUT2D eigenvalue weighted by atomic mass is 32.2. The first-order valence-electron chi connectivity index (χ1n) is 12.5. The fourth-order valence-corrected chi connectivity index (χ4v) is 7.60. The van der Waals surface area contributed by atoms with Crippen molar-refractivity contribution in [1.82, 2.24) is 9.88 Å². The van der Waals surface area contributed by atoms with Crippen LogP contribution in [0.4, 0.5) is 10.8 Å². The van der Waals surface area contributed by atoms with Crippen LogP contribution < -0.4 is 5.32 Å². The van der Waals surface area contributed by atoms with Gasteiger partial charge in [0, 0.05) is 18.3 Å². The molecule has 0 radical (unpaired) electrons. The highest BCUT2D eigenvalue weighted by Gasteiger charge is 2.44. The lowest BCUT2D eigenvalue weighted by Crippen LogP contribution is -2.29. The van der Waals surface area contributed by atoms with Gasteiger partial charge in [0.2, 0.25) is 0 Å². The minimum Gasteiger partial charge on any atom is -0.361 e. The molecule has 1 aliphatic carbocycles. The molecule has 1 saturated heterocycles. The van der Waals surface area contributed by atoms with Gasteiger partial charge in [-0.3, -0.25) is 0 Å². The molecule has 1 N–H and O–H groups in total. The number of anilines is 1. The summed E-state index contributed by atoms with van der Waals surface area (Å²) in [7, 11) is 0. The number of rotatable bonds is 7. The number of hydrogen-bond donors (Lipinski definition) is 1. The minimum absolute atomic E-state index is 0.387. The Morgan fingerprint density at radius 3 is 2.75 bits per heavy atom. The van der Waals surface area contributed by atoms with Crippen LogP contribution >= 0.6 is 23.1 Å². The molecule has 0 saturated carbocycles. The van der Waals surface area contributed by atoms with Crippen LogP contribution in [0.1, 0.15) is 35.2 Å². The van der Waals surface area contributed by atoms with Crippen molar-refractivity contribution in [2.24, 2.45) is 4.99 Å². The summed E-state index contributed by atoms with van der Waals surface area (Å²) in [6.07, 6.45) is 2.06. The molecule has 2 heterocycles. The van der Waals surface area contributed by atoms with Crippen LogP contribution in [0.3, 0.4) is 0 Å². The Morgan fingerprint density at radius 1 is 1.11 bits per heavy atom. The van der Waals surface area contributed by atoms with Crippen LogP contribution in [-0.4, -0.2) is 33.4 Å². The second-order valence-corrected chi connectivity index (χ2v) is 12.0. The van der Waals surface area contributed by atoms with Gasteiger partial charge in [0.15, 0.2) is 10.3 Å². The number of fused-ring (bicyclic) bond motifs is 4. The third kappa shape index (κ3) is 4.56. The fraction of sp³-hybridized carbons (Fsp3) is 0.267. The van der Waals surface area contributed by atoms with E-state index < -0.39 is 0 Å². The second-order valence-electron chi connectivity index (χ2n) is 9.77. The zero-order valence-corrected chi connectivity index (χ0v) is 22.3. The van der Waals surface area contributed by atoms with Crippen molar-refractivity contribution >= 4 is 49.3 Å². The number of amidine groups is 1. The van der Waals surface area contributed by atoms with Gasteiger partial charge in [0.05, 0.1) is 21.9 Å². The average Bonchev–Trinajstić information content (AvgIpc) is 3.53. The quantitative estimate of drug-likeness (QED) is 0.261. The van der Waals surface area contributed by atoms with Crippen molar-refractivity contribution in [2.45, 2.75) is 38.0 Å². The number of nitrogens with one attached hydrogen (secondary N) is 1. The summed E-state index contributed by atoms with van der Waals surface area (Å²) in [5.74, 6) is 0. The van der Waals surface area contributed by atoms with Crippen molar-refractivity contribution in [1.29, 1.82) is 0 Å². The van der Waals surface area contributed by atoms with Crippen LogP contribution in [-0.2, 0) is 12.8 Å². The lowest BCUT2D eigenvalue weighted by Gasteiger charge is -2.26.